The molecule has 2 saturated heterocycles. The average Bonchev–Trinajstić information content (AvgIpc) is 2.82. The minimum absolute atomic E-state index is 0.170. The molecule has 0 aromatic heterocycles. The number of nitrogens with one attached hydrogen (secondary N) is 2. The van der Waals surface area contributed by atoms with E-state index in [1.54, 1.807) is 0 Å². The van der Waals surface area contributed by atoms with Crippen LogP contribution in [-0.4, -0.2) is 49.1 Å². The van der Waals surface area contributed by atoms with Crippen LogP contribution in [0, 0.1) is 5.92 Å². The van der Waals surface area contributed by atoms with Gasteiger partial charge in [0.05, 0.1) is 6.04 Å². The van der Waals surface area contributed by atoms with Gasteiger partial charge in [-0.3, -0.25) is 9.69 Å². The first-order valence-electron chi connectivity index (χ1n) is 6.60. The Bertz CT molecular complexity index is 275. The maximum atomic E-state index is 12.1. The van der Waals surface area contributed by atoms with Crippen LogP contribution < -0.4 is 10.6 Å². The van der Waals surface area contributed by atoms with Crippen LogP contribution in [0.2, 0.25) is 0 Å². The summed E-state index contributed by atoms with van der Waals surface area (Å²) in [6, 6.07) is 0.695. The summed E-state index contributed by atoms with van der Waals surface area (Å²) in [7, 11) is 0. The van der Waals surface area contributed by atoms with Crippen LogP contribution in [0.15, 0.2) is 0 Å². The molecule has 16 heavy (non-hydrogen) atoms. The fourth-order valence-corrected chi connectivity index (χ4v) is 3.56. The molecule has 3 aliphatic rings. The number of nitrogens with zero attached hydrogens (tertiary/aromatic N) is 1. The fraction of sp³-hybridized carbons (Fsp3) is 0.917. The maximum Gasteiger partial charge on any atom is 0.237 e. The highest BCUT2D eigenvalue weighted by Crippen LogP contribution is 2.32. The van der Waals surface area contributed by atoms with Crippen LogP contribution in [0.4, 0.5) is 0 Å². The lowest BCUT2D eigenvalue weighted by Gasteiger charge is -2.46. The summed E-state index contributed by atoms with van der Waals surface area (Å²) in [6.07, 6.45) is 5.11. The topological polar surface area (TPSA) is 44.4 Å². The number of hydrogen-bond donors (Lipinski definition) is 2. The molecule has 0 aromatic rings. The second-order valence-electron chi connectivity index (χ2n) is 5.33. The van der Waals surface area contributed by atoms with Crippen LogP contribution in [-0.2, 0) is 4.79 Å². The Morgan fingerprint density at radius 1 is 1.19 bits per heavy atom. The van der Waals surface area contributed by atoms with Gasteiger partial charge in [-0.15, -0.1) is 0 Å². The summed E-state index contributed by atoms with van der Waals surface area (Å²) in [4.78, 5) is 14.5. The quantitative estimate of drug-likeness (QED) is 0.655. The van der Waals surface area contributed by atoms with Crippen LogP contribution in [0.1, 0.15) is 25.7 Å². The molecule has 1 saturated carbocycles. The van der Waals surface area contributed by atoms with E-state index in [0.717, 1.165) is 26.2 Å². The highest BCUT2D eigenvalue weighted by atomic mass is 16.2. The molecule has 4 heteroatoms. The Labute approximate surface area is 96.8 Å². The van der Waals surface area contributed by atoms with Gasteiger partial charge in [0.2, 0.25) is 5.91 Å². The van der Waals surface area contributed by atoms with Gasteiger partial charge in [0, 0.05) is 32.2 Å². The number of carbonyl (C=O) groups excluding carboxylic acids is 1. The molecule has 0 bridgehead atoms. The summed E-state index contributed by atoms with van der Waals surface area (Å²) < 4.78 is 0. The minimum atomic E-state index is 0.170. The largest absolute Gasteiger partial charge is 0.353 e. The lowest BCUT2D eigenvalue weighted by Crippen LogP contribution is -2.68. The number of piperazine rings is 2. The van der Waals surface area contributed by atoms with E-state index in [1.807, 2.05) is 0 Å². The Balaban J connectivity index is 1.78. The van der Waals surface area contributed by atoms with E-state index in [1.165, 1.54) is 25.7 Å². The molecule has 1 aliphatic carbocycles. The van der Waals surface area contributed by atoms with Crippen LogP contribution >= 0.6 is 0 Å². The second-order valence-corrected chi connectivity index (χ2v) is 5.33. The Kier molecular flexibility index (Phi) is 2.86. The van der Waals surface area contributed by atoms with Gasteiger partial charge in [-0.1, -0.05) is 12.8 Å². The van der Waals surface area contributed by atoms with Crippen molar-refractivity contribution < 1.29 is 4.79 Å². The van der Waals surface area contributed by atoms with Gasteiger partial charge in [-0.05, 0) is 18.8 Å². The summed E-state index contributed by atoms with van der Waals surface area (Å²) in [6.45, 7) is 3.94. The third kappa shape index (κ3) is 1.74. The summed E-state index contributed by atoms with van der Waals surface area (Å²) in [5, 5.41) is 6.50. The molecular weight excluding hydrogens is 202 g/mol. The molecule has 1 amide bonds. The molecule has 3 rings (SSSR count). The van der Waals surface area contributed by atoms with Gasteiger partial charge >= 0.3 is 0 Å². The van der Waals surface area contributed by atoms with Crippen LogP contribution in [0.3, 0.4) is 0 Å². The van der Waals surface area contributed by atoms with Gasteiger partial charge < -0.3 is 10.6 Å². The Hall–Kier alpha value is -0.610. The van der Waals surface area contributed by atoms with Gasteiger partial charge in [0.15, 0.2) is 0 Å². The molecule has 0 spiro atoms. The highest BCUT2D eigenvalue weighted by molar-refractivity contribution is 5.83. The first kappa shape index (κ1) is 10.5. The van der Waals surface area contributed by atoms with Crippen molar-refractivity contribution >= 4 is 5.91 Å². The molecule has 2 heterocycles. The van der Waals surface area contributed by atoms with E-state index in [0.29, 0.717) is 12.0 Å². The SMILES string of the molecule is O=C1NCC2CNCCN2C1C1CCCC1. The summed E-state index contributed by atoms with van der Waals surface area (Å²) >= 11 is 0. The maximum absolute atomic E-state index is 12.1. The standard InChI is InChI=1S/C12H21N3O/c16-12-11(9-3-1-2-4-9)15-6-5-13-7-10(15)8-14-12/h9-11,13H,1-8H2,(H,14,16). The lowest BCUT2D eigenvalue weighted by atomic mass is 9.91. The van der Waals surface area contributed by atoms with E-state index in [-0.39, 0.29) is 11.9 Å². The minimum Gasteiger partial charge on any atom is -0.353 e. The second kappa shape index (κ2) is 4.34. The van der Waals surface area contributed by atoms with Gasteiger partial charge in [-0.2, -0.15) is 0 Å². The van der Waals surface area contributed by atoms with Crippen LogP contribution in [0.25, 0.3) is 0 Å². The van der Waals surface area contributed by atoms with E-state index < -0.39 is 0 Å². The van der Waals surface area contributed by atoms with Crippen molar-refractivity contribution in [2.24, 2.45) is 5.92 Å². The molecular formula is C12H21N3O. The number of carbonyl (C=O) groups is 1. The normalized spacial score (nSPS) is 37.1. The summed E-state index contributed by atoms with van der Waals surface area (Å²) in [5.74, 6) is 0.894. The smallest absolute Gasteiger partial charge is 0.237 e. The van der Waals surface area contributed by atoms with Crippen molar-refractivity contribution in [2.45, 2.75) is 37.8 Å². The lowest BCUT2D eigenvalue weighted by molar-refractivity contribution is -0.134. The van der Waals surface area contributed by atoms with Crippen molar-refractivity contribution in [1.82, 2.24) is 15.5 Å². The van der Waals surface area contributed by atoms with Crippen molar-refractivity contribution in [2.75, 3.05) is 26.2 Å². The van der Waals surface area contributed by atoms with Gasteiger partial charge in [0.1, 0.15) is 0 Å². The van der Waals surface area contributed by atoms with E-state index in [9.17, 15) is 4.79 Å². The molecule has 2 aliphatic heterocycles. The molecule has 90 valence electrons. The van der Waals surface area contributed by atoms with Crippen molar-refractivity contribution in [3.63, 3.8) is 0 Å². The number of fused-ring (bicyclic) bond motifs is 1. The molecule has 2 N–H and O–H groups in total. The monoisotopic (exact) mass is 223 g/mol. The molecule has 0 aromatic carbocycles. The Morgan fingerprint density at radius 3 is 2.81 bits per heavy atom. The Morgan fingerprint density at radius 2 is 2.00 bits per heavy atom. The zero-order chi connectivity index (χ0) is 11.0. The molecule has 4 nitrogen and oxygen atoms in total. The van der Waals surface area contributed by atoms with Gasteiger partial charge in [0.25, 0.3) is 0 Å². The third-order valence-corrected chi connectivity index (χ3v) is 4.38. The van der Waals surface area contributed by atoms with Crippen molar-refractivity contribution in [1.29, 1.82) is 0 Å². The highest BCUT2D eigenvalue weighted by Gasteiger charge is 2.42. The third-order valence-electron chi connectivity index (χ3n) is 4.38. The number of amides is 1. The zero-order valence-corrected chi connectivity index (χ0v) is 9.74. The predicted octanol–water partition coefficient (Wildman–Crippen LogP) is -0.0512. The van der Waals surface area contributed by atoms with E-state index in [4.69, 9.17) is 0 Å². The zero-order valence-electron chi connectivity index (χ0n) is 9.74. The average molecular weight is 223 g/mol. The van der Waals surface area contributed by atoms with Crippen LogP contribution in [0.5, 0.6) is 0 Å². The molecule has 3 fully saturated rings. The first-order chi connectivity index (χ1) is 7.86. The molecule has 2 unspecified atom stereocenters. The number of rotatable bonds is 1. The van der Waals surface area contributed by atoms with Crippen molar-refractivity contribution in [3.05, 3.63) is 0 Å². The van der Waals surface area contributed by atoms with Gasteiger partial charge in [-0.25, -0.2) is 0 Å². The van der Waals surface area contributed by atoms with E-state index in [2.05, 4.69) is 15.5 Å². The summed E-state index contributed by atoms with van der Waals surface area (Å²) in [5.41, 5.74) is 0. The molecule has 2 atom stereocenters. The predicted molar refractivity (Wildman–Crippen MR) is 62.1 cm³/mol. The van der Waals surface area contributed by atoms with E-state index >= 15 is 0 Å². The first-order valence-corrected chi connectivity index (χ1v) is 6.60. The molecule has 0 radical (unpaired) electrons. The number of hydrogen-bond acceptors (Lipinski definition) is 3. The van der Waals surface area contributed by atoms with Crippen molar-refractivity contribution in [3.8, 4) is 0 Å². The fourth-order valence-electron chi connectivity index (χ4n) is 3.56.